The van der Waals surface area contributed by atoms with E-state index in [-0.39, 0.29) is 12.0 Å². The SMILES string of the molecule is CCOc1ccc(C(=O)N2CC(Oc3ncccc3C#N)C2)cc1OCC. The van der Waals surface area contributed by atoms with Crippen LogP contribution >= 0.6 is 0 Å². The van der Waals surface area contributed by atoms with Gasteiger partial charge in [-0.3, -0.25) is 4.79 Å². The van der Waals surface area contributed by atoms with Gasteiger partial charge in [0.2, 0.25) is 5.88 Å². The number of carbonyl (C=O) groups excluding carboxylic acids is 1. The van der Waals surface area contributed by atoms with Crippen LogP contribution in [0.25, 0.3) is 0 Å². The molecule has 2 aromatic rings. The van der Waals surface area contributed by atoms with Crippen LogP contribution in [-0.2, 0) is 0 Å². The van der Waals surface area contributed by atoms with Crippen molar-refractivity contribution in [3.63, 3.8) is 0 Å². The summed E-state index contributed by atoms with van der Waals surface area (Å²) in [6.07, 6.45) is 1.40. The monoisotopic (exact) mass is 367 g/mol. The van der Waals surface area contributed by atoms with Gasteiger partial charge in [0, 0.05) is 11.8 Å². The zero-order valence-electron chi connectivity index (χ0n) is 15.3. The maximum absolute atomic E-state index is 12.7. The van der Waals surface area contributed by atoms with Gasteiger partial charge in [-0.15, -0.1) is 0 Å². The van der Waals surface area contributed by atoms with Crippen molar-refractivity contribution in [2.75, 3.05) is 26.3 Å². The van der Waals surface area contributed by atoms with E-state index in [2.05, 4.69) is 4.98 Å². The normalized spacial score (nSPS) is 13.4. The molecule has 0 atom stereocenters. The highest BCUT2D eigenvalue weighted by Gasteiger charge is 2.33. The molecule has 0 saturated carbocycles. The van der Waals surface area contributed by atoms with Crippen LogP contribution in [0.1, 0.15) is 29.8 Å². The van der Waals surface area contributed by atoms with E-state index in [4.69, 9.17) is 19.5 Å². The zero-order chi connectivity index (χ0) is 19.2. The van der Waals surface area contributed by atoms with Crippen LogP contribution in [0.2, 0.25) is 0 Å². The lowest BCUT2D eigenvalue weighted by molar-refractivity contribution is 0.0158. The maximum atomic E-state index is 12.7. The highest BCUT2D eigenvalue weighted by Crippen LogP contribution is 2.30. The van der Waals surface area contributed by atoms with Gasteiger partial charge in [-0.25, -0.2) is 4.98 Å². The third kappa shape index (κ3) is 4.11. The van der Waals surface area contributed by atoms with Crippen LogP contribution < -0.4 is 14.2 Å². The fourth-order valence-electron chi connectivity index (χ4n) is 2.77. The Morgan fingerprint density at radius 2 is 1.96 bits per heavy atom. The number of nitriles is 1. The fraction of sp³-hybridized carbons (Fsp3) is 0.350. The van der Waals surface area contributed by atoms with Crippen molar-refractivity contribution in [2.45, 2.75) is 20.0 Å². The summed E-state index contributed by atoms with van der Waals surface area (Å²) in [6, 6.07) is 10.6. The smallest absolute Gasteiger partial charge is 0.254 e. The average molecular weight is 367 g/mol. The number of likely N-dealkylation sites (tertiary alicyclic amines) is 1. The van der Waals surface area contributed by atoms with Gasteiger partial charge >= 0.3 is 0 Å². The molecule has 1 amide bonds. The molecule has 1 fully saturated rings. The Balaban J connectivity index is 1.63. The average Bonchev–Trinajstić information content (AvgIpc) is 2.66. The van der Waals surface area contributed by atoms with Gasteiger partial charge in [0.05, 0.1) is 26.3 Å². The van der Waals surface area contributed by atoms with E-state index in [1.165, 1.54) is 0 Å². The molecule has 140 valence electrons. The van der Waals surface area contributed by atoms with Gasteiger partial charge < -0.3 is 19.1 Å². The van der Waals surface area contributed by atoms with Crippen molar-refractivity contribution in [3.05, 3.63) is 47.7 Å². The predicted molar refractivity (Wildman–Crippen MR) is 98.1 cm³/mol. The third-order valence-electron chi connectivity index (χ3n) is 4.10. The quantitative estimate of drug-likeness (QED) is 0.748. The third-order valence-corrected chi connectivity index (χ3v) is 4.10. The summed E-state index contributed by atoms with van der Waals surface area (Å²) in [7, 11) is 0. The van der Waals surface area contributed by atoms with Crippen LogP contribution in [0.3, 0.4) is 0 Å². The first kappa shape index (κ1) is 18.5. The standard InChI is InChI=1S/C20H21N3O4/c1-3-25-17-8-7-14(10-18(17)26-4-2)20(24)23-12-16(13-23)27-19-15(11-21)6-5-9-22-19/h5-10,16H,3-4,12-13H2,1-2H3. The summed E-state index contributed by atoms with van der Waals surface area (Å²) in [5, 5.41) is 9.08. The molecule has 0 spiro atoms. The van der Waals surface area contributed by atoms with Gasteiger partial charge in [-0.05, 0) is 44.2 Å². The summed E-state index contributed by atoms with van der Waals surface area (Å²) >= 11 is 0. The molecule has 0 aliphatic carbocycles. The first-order valence-corrected chi connectivity index (χ1v) is 8.87. The molecule has 0 radical (unpaired) electrons. The Morgan fingerprint density at radius 1 is 1.22 bits per heavy atom. The van der Waals surface area contributed by atoms with Crippen LogP contribution in [-0.4, -0.2) is 48.2 Å². The van der Waals surface area contributed by atoms with Crippen molar-refractivity contribution in [1.82, 2.24) is 9.88 Å². The molecule has 7 nitrogen and oxygen atoms in total. The Hall–Kier alpha value is -3.27. The lowest BCUT2D eigenvalue weighted by Crippen LogP contribution is -2.56. The highest BCUT2D eigenvalue weighted by molar-refractivity contribution is 5.95. The van der Waals surface area contributed by atoms with Crippen LogP contribution in [0, 0.1) is 11.3 Å². The van der Waals surface area contributed by atoms with E-state index in [1.54, 1.807) is 41.4 Å². The topological polar surface area (TPSA) is 84.7 Å². The van der Waals surface area contributed by atoms with E-state index >= 15 is 0 Å². The zero-order valence-corrected chi connectivity index (χ0v) is 15.3. The Labute approximate surface area is 158 Å². The number of carbonyl (C=O) groups is 1. The number of amides is 1. The number of aromatic nitrogens is 1. The van der Waals surface area contributed by atoms with Crippen molar-refractivity contribution in [2.24, 2.45) is 0 Å². The van der Waals surface area contributed by atoms with Crippen LogP contribution in [0.4, 0.5) is 0 Å². The van der Waals surface area contributed by atoms with Crippen molar-refractivity contribution >= 4 is 5.91 Å². The number of hydrogen-bond donors (Lipinski definition) is 0. The number of benzene rings is 1. The van der Waals surface area contributed by atoms with E-state index in [0.717, 1.165) is 0 Å². The lowest BCUT2D eigenvalue weighted by atomic mass is 10.1. The molecule has 2 heterocycles. The maximum Gasteiger partial charge on any atom is 0.254 e. The van der Waals surface area contributed by atoms with Gasteiger partial charge in [0.1, 0.15) is 17.7 Å². The lowest BCUT2D eigenvalue weighted by Gasteiger charge is -2.38. The van der Waals surface area contributed by atoms with E-state index in [1.807, 2.05) is 19.9 Å². The Bertz CT molecular complexity index is 857. The molecule has 3 rings (SSSR count). The highest BCUT2D eigenvalue weighted by atomic mass is 16.5. The first-order valence-electron chi connectivity index (χ1n) is 8.87. The number of ether oxygens (including phenoxy) is 3. The molecule has 0 bridgehead atoms. The van der Waals surface area contributed by atoms with Gasteiger partial charge in [0.25, 0.3) is 5.91 Å². The molecule has 0 N–H and O–H groups in total. The Morgan fingerprint density at radius 3 is 2.67 bits per heavy atom. The van der Waals surface area contributed by atoms with E-state index in [0.29, 0.717) is 54.8 Å². The molecule has 1 aliphatic heterocycles. The number of nitrogens with zero attached hydrogens (tertiary/aromatic N) is 3. The van der Waals surface area contributed by atoms with Gasteiger partial charge in [0.15, 0.2) is 11.5 Å². The minimum atomic E-state index is -0.176. The molecular formula is C20H21N3O4. The van der Waals surface area contributed by atoms with Crippen LogP contribution in [0.15, 0.2) is 36.5 Å². The first-order chi connectivity index (χ1) is 13.2. The number of hydrogen-bond acceptors (Lipinski definition) is 6. The second kappa shape index (κ2) is 8.41. The van der Waals surface area contributed by atoms with Crippen LogP contribution in [0.5, 0.6) is 17.4 Å². The summed E-state index contributed by atoms with van der Waals surface area (Å²) in [6.45, 7) is 5.68. The summed E-state index contributed by atoms with van der Waals surface area (Å²) < 4.78 is 16.8. The molecule has 27 heavy (non-hydrogen) atoms. The molecule has 1 aromatic heterocycles. The van der Waals surface area contributed by atoms with Crippen molar-refractivity contribution < 1.29 is 19.0 Å². The number of pyridine rings is 1. The minimum absolute atomic E-state index is 0.0969. The van der Waals surface area contributed by atoms with Crippen molar-refractivity contribution in [3.8, 4) is 23.4 Å². The number of rotatable bonds is 7. The molecular weight excluding hydrogens is 346 g/mol. The summed E-state index contributed by atoms with van der Waals surface area (Å²) in [4.78, 5) is 18.4. The van der Waals surface area contributed by atoms with Gasteiger partial charge in [-0.1, -0.05) is 0 Å². The minimum Gasteiger partial charge on any atom is -0.490 e. The second-order valence-corrected chi connectivity index (χ2v) is 5.95. The van der Waals surface area contributed by atoms with E-state index in [9.17, 15) is 4.79 Å². The summed E-state index contributed by atoms with van der Waals surface area (Å²) in [5.41, 5.74) is 0.922. The fourth-order valence-corrected chi connectivity index (χ4v) is 2.77. The summed E-state index contributed by atoms with van der Waals surface area (Å²) in [5.74, 6) is 1.39. The molecule has 1 saturated heterocycles. The largest absolute Gasteiger partial charge is 0.490 e. The predicted octanol–water partition coefficient (Wildman–Crippen LogP) is 2.65. The van der Waals surface area contributed by atoms with Gasteiger partial charge in [-0.2, -0.15) is 5.26 Å². The second-order valence-electron chi connectivity index (χ2n) is 5.95. The van der Waals surface area contributed by atoms with E-state index < -0.39 is 0 Å². The molecule has 0 unspecified atom stereocenters. The Kier molecular flexibility index (Phi) is 5.77. The molecule has 1 aliphatic rings. The van der Waals surface area contributed by atoms with Crippen molar-refractivity contribution in [1.29, 1.82) is 5.26 Å². The molecule has 1 aromatic carbocycles. The molecule has 7 heteroatoms.